The Morgan fingerprint density at radius 2 is 1.67 bits per heavy atom. The Morgan fingerprint density at radius 3 is 2.10 bits per heavy atom. The van der Waals surface area contributed by atoms with Crippen LogP contribution in [0, 0.1) is 0 Å². The normalized spacial score (nSPS) is 12.3. The molecule has 118 valence electrons. The van der Waals surface area contributed by atoms with Crippen LogP contribution in [0.3, 0.4) is 0 Å². The van der Waals surface area contributed by atoms with Crippen LogP contribution in [-0.4, -0.2) is 11.0 Å². The first-order chi connectivity index (χ1) is 9.60. The third-order valence-corrected chi connectivity index (χ3v) is 4.76. The number of nitrogen functional groups attached to an aromatic ring is 1. The van der Waals surface area contributed by atoms with Gasteiger partial charge in [-0.05, 0) is 35.3 Å². The molecule has 0 unspecified atom stereocenters. The number of phenolic OH excluding ortho intramolecular Hbond substituents is 1. The maximum absolute atomic E-state index is 12.0. The van der Waals surface area contributed by atoms with Crippen LogP contribution in [0.1, 0.15) is 75.9 Å². The average Bonchev–Trinajstić information content (AvgIpc) is 2.46. The van der Waals surface area contributed by atoms with Gasteiger partial charge in [0.2, 0.25) is 0 Å². The van der Waals surface area contributed by atoms with Gasteiger partial charge in [0.1, 0.15) is 5.75 Å². The van der Waals surface area contributed by atoms with E-state index in [4.69, 9.17) is 5.84 Å². The van der Waals surface area contributed by atoms with Gasteiger partial charge in [0, 0.05) is 5.56 Å². The van der Waals surface area contributed by atoms with Gasteiger partial charge in [-0.2, -0.15) is 0 Å². The summed E-state index contributed by atoms with van der Waals surface area (Å²) in [6, 6.07) is 3.77. The Morgan fingerprint density at radius 1 is 1.14 bits per heavy atom. The summed E-state index contributed by atoms with van der Waals surface area (Å²) in [5.74, 6) is 4.81. The van der Waals surface area contributed by atoms with Crippen LogP contribution in [0.5, 0.6) is 5.75 Å². The van der Waals surface area contributed by atoms with Crippen molar-refractivity contribution in [1.82, 2.24) is 5.43 Å². The third kappa shape index (κ3) is 3.38. The van der Waals surface area contributed by atoms with Gasteiger partial charge in [-0.3, -0.25) is 10.2 Å². The summed E-state index contributed by atoms with van der Waals surface area (Å²) in [4.78, 5) is 12.0. The van der Waals surface area contributed by atoms with Crippen LogP contribution >= 0.6 is 0 Å². The highest BCUT2D eigenvalue weighted by molar-refractivity contribution is 5.97. The lowest BCUT2D eigenvalue weighted by Crippen LogP contribution is -2.31. The molecule has 0 bridgehead atoms. The standard InChI is InChI=1S/C17H28N2O2/c1-7-16(3,4)11-9-12(15(21)19-18)14(20)13(10-11)17(5,6)8-2/h9-10,20H,7-8,18H2,1-6H3,(H,19,21). The lowest BCUT2D eigenvalue weighted by atomic mass is 9.75. The van der Waals surface area contributed by atoms with Crippen LogP contribution in [0.2, 0.25) is 0 Å². The van der Waals surface area contributed by atoms with E-state index in [9.17, 15) is 9.90 Å². The molecule has 4 heteroatoms. The molecule has 1 aromatic rings. The summed E-state index contributed by atoms with van der Waals surface area (Å²) in [5, 5.41) is 10.5. The second kappa shape index (κ2) is 6.06. The number of nitrogens with one attached hydrogen (secondary N) is 1. The van der Waals surface area contributed by atoms with E-state index in [0.717, 1.165) is 24.0 Å². The molecule has 0 heterocycles. The minimum Gasteiger partial charge on any atom is -0.507 e. The monoisotopic (exact) mass is 292 g/mol. The molecule has 4 N–H and O–H groups in total. The van der Waals surface area contributed by atoms with Gasteiger partial charge in [0.15, 0.2) is 0 Å². The van der Waals surface area contributed by atoms with Crippen molar-refractivity contribution in [1.29, 1.82) is 0 Å². The highest BCUT2D eigenvalue weighted by Gasteiger charge is 2.29. The molecular formula is C17H28N2O2. The van der Waals surface area contributed by atoms with E-state index in [0.29, 0.717) is 0 Å². The third-order valence-electron chi connectivity index (χ3n) is 4.76. The zero-order chi connectivity index (χ0) is 16.4. The molecule has 4 nitrogen and oxygen atoms in total. The Kier molecular flexibility index (Phi) is 5.05. The molecule has 0 spiro atoms. The lowest BCUT2D eigenvalue weighted by molar-refractivity contribution is 0.0950. The van der Waals surface area contributed by atoms with E-state index >= 15 is 0 Å². The number of amides is 1. The summed E-state index contributed by atoms with van der Waals surface area (Å²) < 4.78 is 0. The number of hydrazine groups is 1. The number of rotatable bonds is 5. The fourth-order valence-electron chi connectivity index (χ4n) is 2.19. The predicted octanol–water partition coefficient (Wildman–Crippen LogP) is 3.37. The van der Waals surface area contributed by atoms with Crippen LogP contribution < -0.4 is 11.3 Å². The van der Waals surface area contributed by atoms with Crippen molar-refractivity contribution in [3.05, 3.63) is 28.8 Å². The first-order valence-corrected chi connectivity index (χ1v) is 7.49. The summed E-state index contributed by atoms with van der Waals surface area (Å²) in [7, 11) is 0. The maximum atomic E-state index is 12.0. The Labute approximate surface area is 127 Å². The van der Waals surface area contributed by atoms with Crippen LogP contribution in [0.4, 0.5) is 0 Å². The SMILES string of the molecule is CCC(C)(C)c1cc(C(=O)NN)c(O)c(C(C)(C)CC)c1. The zero-order valence-electron chi connectivity index (χ0n) is 14.0. The first kappa shape index (κ1) is 17.5. The number of hydrogen-bond acceptors (Lipinski definition) is 3. The minimum absolute atomic E-state index is 0.0282. The van der Waals surface area contributed by atoms with Crippen molar-refractivity contribution in [2.75, 3.05) is 0 Å². The van der Waals surface area contributed by atoms with E-state index in [1.54, 1.807) is 6.07 Å². The number of hydrogen-bond donors (Lipinski definition) is 3. The molecule has 1 rings (SSSR count). The maximum Gasteiger partial charge on any atom is 0.268 e. The summed E-state index contributed by atoms with van der Waals surface area (Å²) in [6.45, 7) is 12.6. The van der Waals surface area contributed by atoms with Crippen molar-refractivity contribution in [3.63, 3.8) is 0 Å². The second-order valence-electron chi connectivity index (χ2n) is 6.87. The largest absolute Gasteiger partial charge is 0.507 e. The van der Waals surface area contributed by atoms with Crippen LogP contribution in [0.25, 0.3) is 0 Å². The Balaban J connectivity index is 3.65. The zero-order valence-corrected chi connectivity index (χ0v) is 14.0. The van der Waals surface area contributed by atoms with Gasteiger partial charge in [-0.25, -0.2) is 5.84 Å². The van der Waals surface area contributed by atoms with E-state index < -0.39 is 5.91 Å². The molecule has 0 radical (unpaired) electrons. The van der Waals surface area contributed by atoms with Crippen LogP contribution in [-0.2, 0) is 10.8 Å². The van der Waals surface area contributed by atoms with Gasteiger partial charge >= 0.3 is 0 Å². The van der Waals surface area contributed by atoms with Crippen LogP contribution in [0.15, 0.2) is 12.1 Å². The summed E-state index contributed by atoms with van der Waals surface area (Å²) >= 11 is 0. The topological polar surface area (TPSA) is 75.4 Å². The fraction of sp³-hybridized carbons (Fsp3) is 0.588. The number of phenols is 1. The van der Waals surface area contributed by atoms with Crippen molar-refractivity contribution >= 4 is 5.91 Å². The molecule has 0 aromatic heterocycles. The van der Waals surface area contributed by atoms with Gasteiger partial charge < -0.3 is 5.11 Å². The van der Waals surface area contributed by atoms with Crippen molar-refractivity contribution in [2.45, 2.75) is 65.2 Å². The molecule has 0 atom stereocenters. The fourth-order valence-corrected chi connectivity index (χ4v) is 2.19. The Bertz CT molecular complexity index is 534. The van der Waals surface area contributed by atoms with Crippen molar-refractivity contribution < 1.29 is 9.90 Å². The van der Waals surface area contributed by atoms with E-state index in [-0.39, 0.29) is 22.1 Å². The van der Waals surface area contributed by atoms with E-state index in [2.05, 4.69) is 47.0 Å². The summed E-state index contributed by atoms with van der Waals surface area (Å²) in [6.07, 6.45) is 1.80. The molecule has 21 heavy (non-hydrogen) atoms. The molecular weight excluding hydrogens is 264 g/mol. The number of carbonyl (C=O) groups is 1. The molecule has 0 saturated heterocycles. The van der Waals surface area contributed by atoms with Gasteiger partial charge in [0.25, 0.3) is 5.91 Å². The molecule has 0 aliphatic heterocycles. The molecule has 1 aromatic carbocycles. The summed E-state index contributed by atoms with van der Waals surface area (Å²) in [5.41, 5.74) is 3.91. The number of nitrogens with two attached hydrogens (primary N) is 1. The number of aromatic hydroxyl groups is 1. The first-order valence-electron chi connectivity index (χ1n) is 7.49. The Hall–Kier alpha value is -1.55. The minimum atomic E-state index is -0.464. The highest BCUT2D eigenvalue weighted by atomic mass is 16.3. The van der Waals surface area contributed by atoms with Crippen molar-refractivity contribution in [3.8, 4) is 5.75 Å². The number of carbonyl (C=O) groups excluding carboxylic acids is 1. The smallest absolute Gasteiger partial charge is 0.268 e. The van der Waals surface area contributed by atoms with Gasteiger partial charge in [0.05, 0.1) is 5.56 Å². The van der Waals surface area contributed by atoms with E-state index in [1.165, 1.54) is 0 Å². The second-order valence-corrected chi connectivity index (χ2v) is 6.87. The molecule has 0 fully saturated rings. The molecule has 1 amide bonds. The quantitative estimate of drug-likeness (QED) is 0.442. The highest BCUT2D eigenvalue weighted by Crippen LogP contribution is 2.40. The molecule has 0 saturated carbocycles. The lowest BCUT2D eigenvalue weighted by Gasteiger charge is -2.30. The van der Waals surface area contributed by atoms with Gasteiger partial charge in [-0.15, -0.1) is 0 Å². The molecule has 0 aliphatic rings. The van der Waals surface area contributed by atoms with Gasteiger partial charge in [-0.1, -0.05) is 47.6 Å². The number of benzene rings is 1. The molecule has 0 aliphatic carbocycles. The van der Waals surface area contributed by atoms with Crippen molar-refractivity contribution in [2.24, 2.45) is 5.84 Å². The van der Waals surface area contributed by atoms with E-state index in [1.807, 2.05) is 6.07 Å². The average molecular weight is 292 g/mol. The predicted molar refractivity (Wildman–Crippen MR) is 86.4 cm³/mol.